The van der Waals surface area contributed by atoms with Crippen molar-refractivity contribution >= 4 is 5.91 Å². The summed E-state index contributed by atoms with van der Waals surface area (Å²) >= 11 is 0. The lowest BCUT2D eigenvalue weighted by Gasteiger charge is -2.43. The van der Waals surface area contributed by atoms with Gasteiger partial charge in [0.05, 0.1) is 24.5 Å². The lowest BCUT2D eigenvalue weighted by molar-refractivity contribution is -0.215. The van der Waals surface area contributed by atoms with Gasteiger partial charge in [0.25, 0.3) is 5.91 Å². The number of hydrogen-bond acceptors (Lipinski definition) is 6. The van der Waals surface area contributed by atoms with E-state index in [-0.39, 0.29) is 23.2 Å². The maximum absolute atomic E-state index is 14.8. The van der Waals surface area contributed by atoms with Crippen LogP contribution >= 0.6 is 0 Å². The molecule has 4 rings (SSSR count). The molecular weight excluding hydrogens is 353 g/mol. The molecular formula is C19H20FN3O4. The number of aliphatic hydroxyl groups is 2. The van der Waals surface area contributed by atoms with Crippen LogP contribution in [0.2, 0.25) is 0 Å². The Morgan fingerprint density at radius 3 is 2.93 bits per heavy atom. The number of carbonyl (C=O) groups excluding carboxylic acids is 1. The lowest BCUT2D eigenvalue weighted by atomic mass is 9.82. The van der Waals surface area contributed by atoms with E-state index in [4.69, 9.17) is 10.5 Å². The summed E-state index contributed by atoms with van der Waals surface area (Å²) in [5.41, 5.74) is 4.79. The average molecular weight is 373 g/mol. The van der Waals surface area contributed by atoms with E-state index in [0.29, 0.717) is 24.8 Å². The number of aromatic nitrogens is 2. The zero-order valence-electron chi connectivity index (χ0n) is 14.5. The second kappa shape index (κ2) is 6.63. The van der Waals surface area contributed by atoms with Crippen molar-refractivity contribution in [3.63, 3.8) is 0 Å². The fraction of sp³-hybridized carbons (Fsp3) is 0.421. The van der Waals surface area contributed by atoms with Crippen LogP contribution < -0.4 is 5.73 Å². The predicted octanol–water partition coefficient (Wildman–Crippen LogP) is 1.49. The smallest absolute Gasteiger partial charge is 0.267 e. The number of hydrogen-bond donors (Lipinski definition) is 3. The van der Waals surface area contributed by atoms with Crippen LogP contribution in [-0.4, -0.2) is 43.9 Å². The van der Waals surface area contributed by atoms with E-state index in [0.717, 1.165) is 6.20 Å². The average Bonchev–Trinajstić information content (AvgIpc) is 3.04. The maximum Gasteiger partial charge on any atom is 0.267 e. The minimum Gasteiger partial charge on any atom is -0.390 e. The fourth-order valence-electron chi connectivity index (χ4n) is 4.21. The zero-order valence-corrected chi connectivity index (χ0v) is 14.5. The zero-order chi connectivity index (χ0) is 19.2. The Morgan fingerprint density at radius 2 is 2.22 bits per heavy atom. The predicted molar refractivity (Wildman–Crippen MR) is 93.0 cm³/mol. The van der Waals surface area contributed by atoms with Crippen molar-refractivity contribution in [1.29, 1.82) is 0 Å². The number of ether oxygens (including phenoxy) is 1. The van der Waals surface area contributed by atoms with E-state index < -0.39 is 35.6 Å². The van der Waals surface area contributed by atoms with Crippen LogP contribution in [0.4, 0.5) is 4.39 Å². The number of rotatable bonds is 3. The number of primary amides is 1. The van der Waals surface area contributed by atoms with Gasteiger partial charge in [-0.05, 0) is 25.3 Å². The molecule has 142 valence electrons. The van der Waals surface area contributed by atoms with Crippen molar-refractivity contribution in [2.45, 2.75) is 49.6 Å². The SMILES string of the molecule is NC(=O)c1ncc(F)c(-c2cccnc2)c1C1CC(O)C2(O)CCCC2O1. The van der Waals surface area contributed by atoms with E-state index in [9.17, 15) is 19.4 Å². The maximum atomic E-state index is 14.8. The summed E-state index contributed by atoms with van der Waals surface area (Å²) < 4.78 is 20.8. The van der Waals surface area contributed by atoms with Gasteiger partial charge >= 0.3 is 0 Å². The highest BCUT2D eigenvalue weighted by molar-refractivity contribution is 5.94. The molecule has 1 saturated carbocycles. The van der Waals surface area contributed by atoms with E-state index in [1.54, 1.807) is 18.3 Å². The second-order valence-corrected chi connectivity index (χ2v) is 7.10. The second-order valence-electron chi connectivity index (χ2n) is 7.10. The van der Waals surface area contributed by atoms with Crippen molar-refractivity contribution < 1.29 is 24.1 Å². The van der Waals surface area contributed by atoms with Gasteiger partial charge in [-0.2, -0.15) is 0 Å². The van der Waals surface area contributed by atoms with Crippen LogP contribution in [0.25, 0.3) is 11.1 Å². The van der Waals surface area contributed by atoms with Gasteiger partial charge in [0, 0.05) is 35.5 Å². The molecule has 4 unspecified atom stereocenters. The largest absolute Gasteiger partial charge is 0.390 e. The first-order chi connectivity index (χ1) is 12.9. The summed E-state index contributed by atoms with van der Waals surface area (Å²) in [6.07, 6.45) is 3.20. The topological polar surface area (TPSA) is 119 Å². The van der Waals surface area contributed by atoms with Gasteiger partial charge < -0.3 is 20.7 Å². The molecule has 2 aromatic heterocycles. The number of aliphatic hydroxyl groups excluding tert-OH is 1. The molecule has 3 heterocycles. The summed E-state index contributed by atoms with van der Waals surface area (Å²) in [6, 6.07) is 3.31. The van der Waals surface area contributed by atoms with E-state index in [1.807, 2.05) is 0 Å². The number of fused-ring (bicyclic) bond motifs is 1. The molecule has 2 fully saturated rings. The molecule has 2 aromatic rings. The minimum atomic E-state index is -1.32. The fourth-order valence-corrected chi connectivity index (χ4v) is 4.21. The lowest BCUT2D eigenvalue weighted by Crippen LogP contribution is -2.54. The van der Waals surface area contributed by atoms with Crippen molar-refractivity contribution in [3.8, 4) is 11.1 Å². The van der Waals surface area contributed by atoms with Crippen LogP contribution in [-0.2, 0) is 4.74 Å². The summed E-state index contributed by atoms with van der Waals surface area (Å²) in [6.45, 7) is 0. The molecule has 2 aliphatic rings. The molecule has 8 heteroatoms. The van der Waals surface area contributed by atoms with Gasteiger partial charge in [0.15, 0.2) is 0 Å². The number of nitrogens with two attached hydrogens (primary N) is 1. The summed E-state index contributed by atoms with van der Waals surface area (Å²) in [7, 11) is 0. The van der Waals surface area contributed by atoms with Gasteiger partial charge in [0.1, 0.15) is 17.1 Å². The number of nitrogens with zero attached hydrogens (tertiary/aromatic N) is 2. The molecule has 0 aromatic carbocycles. The van der Waals surface area contributed by atoms with E-state index in [1.165, 1.54) is 6.20 Å². The highest BCUT2D eigenvalue weighted by Gasteiger charge is 2.53. The molecule has 0 bridgehead atoms. The van der Waals surface area contributed by atoms with Crippen LogP contribution in [0.15, 0.2) is 30.7 Å². The Balaban J connectivity index is 1.86. The first-order valence-corrected chi connectivity index (χ1v) is 8.86. The summed E-state index contributed by atoms with van der Waals surface area (Å²) in [4.78, 5) is 19.9. The van der Waals surface area contributed by atoms with E-state index >= 15 is 0 Å². The normalized spacial score (nSPS) is 30.1. The first kappa shape index (κ1) is 18.0. The quantitative estimate of drug-likeness (QED) is 0.750. The third kappa shape index (κ3) is 2.90. The molecule has 0 spiro atoms. The van der Waals surface area contributed by atoms with Crippen molar-refractivity contribution in [2.75, 3.05) is 0 Å². The highest BCUT2D eigenvalue weighted by Crippen LogP contribution is 2.47. The van der Waals surface area contributed by atoms with Gasteiger partial charge in [-0.15, -0.1) is 0 Å². The summed E-state index contributed by atoms with van der Waals surface area (Å²) in [5, 5.41) is 21.3. The Kier molecular flexibility index (Phi) is 4.41. The van der Waals surface area contributed by atoms with E-state index in [2.05, 4.69) is 9.97 Å². The third-order valence-electron chi connectivity index (χ3n) is 5.52. The molecule has 1 saturated heterocycles. The molecule has 4 N–H and O–H groups in total. The number of carbonyl (C=O) groups is 1. The molecule has 4 atom stereocenters. The minimum absolute atomic E-state index is 0.00563. The molecule has 0 radical (unpaired) electrons. The van der Waals surface area contributed by atoms with Gasteiger partial charge in [0.2, 0.25) is 0 Å². The first-order valence-electron chi connectivity index (χ1n) is 8.86. The van der Waals surface area contributed by atoms with Crippen molar-refractivity contribution in [1.82, 2.24) is 9.97 Å². The van der Waals surface area contributed by atoms with Gasteiger partial charge in [-0.1, -0.05) is 6.07 Å². The molecule has 7 nitrogen and oxygen atoms in total. The standard InChI is InChI=1S/C19H20FN3O4/c20-11-9-23-17(18(21)25)16(15(11)10-3-2-6-22-8-10)12-7-13(24)19(26)5-1-4-14(19)27-12/h2-3,6,8-9,12-14,24,26H,1,4-5,7H2,(H2,21,25). The Hall–Kier alpha value is -2.42. The third-order valence-corrected chi connectivity index (χ3v) is 5.52. The summed E-state index contributed by atoms with van der Waals surface area (Å²) in [5.74, 6) is -1.46. The van der Waals surface area contributed by atoms with Crippen LogP contribution in [0.1, 0.15) is 47.8 Å². The van der Waals surface area contributed by atoms with Crippen LogP contribution in [0.5, 0.6) is 0 Å². The van der Waals surface area contributed by atoms with Crippen molar-refractivity contribution in [3.05, 3.63) is 47.8 Å². The highest BCUT2D eigenvalue weighted by atomic mass is 19.1. The van der Waals surface area contributed by atoms with Crippen LogP contribution in [0, 0.1) is 5.82 Å². The Labute approximate surface area is 155 Å². The van der Waals surface area contributed by atoms with Gasteiger partial charge in [-0.25, -0.2) is 9.37 Å². The monoisotopic (exact) mass is 373 g/mol. The number of amides is 1. The Morgan fingerprint density at radius 1 is 1.41 bits per heavy atom. The Bertz CT molecular complexity index is 879. The number of pyridine rings is 2. The molecule has 27 heavy (non-hydrogen) atoms. The number of halogens is 1. The molecule has 1 aliphatic heterocycles. The van der Waals surface area contributed by atoms with Crippen molar-refractivity contribution in [2.24, 2.45) is 5.73 Å². The molecule has 1 aliphatic carbocycles. The van der Waals surface area contributed by atoms with Crippen LogP contribution in [0.3, 0.4) is 0 Å². The van der Waals surface area contributed by atoms with Gasteiger partial charge in [-0.3, -0.25) is 9.78 Å². The molecule has 1 amide bonds.